The number of carbonyl (C=O) groups excluding carboxylic acids is 2. The van der Waals surface area contributed by atoms with Crippen LogP contribution in [0.2, 0.25) is 25.7 Å². The third-order valence-electron chi connectivity index (χ3n) is 3.19. The van der Waals surface area contributed by atoms with Crippen molar-refractivity contribution >= 4 is 31.4 Å². The molecule has 1 aromatic carbocycles. The predicted molar refractivity (Wildman–Crippen MR) is 85.3 cm³/mol. The fourth-order valence-corrected chi connectivity index (χ4v) is 2.74. The molecule has 0 amide bonds. The second-order valence-corrected chi connectivity index (χ2v) is 11.9. The largest absolute Gasteiger partial charge is 0.392 e. The molecule has 0 saturated carbocycles. The van der Waals surface area contributed by atoms with Crippen LogP contribution in [0.25, 0.3) is 10.9 Å². The van der Waals surface area contributed by atoms with Crippen molar-refractivity contribution in [2.45, 2.75) is 32.4 Å². The van der Waals surface area contributed by atoms with E-state index in [0.717, 1.165) is 6.04 Å². The van der Waals surface area contributed by atoms with E-state index < -0.39 is 14.0 Å². The summed E-state index contributed by atoms with van der Waals surface area (Å²) in [6, 6.07) is 6.19. The fourth-order valence-electron chi connectivity index (χ4n) is 1.98. The number of nitrogens with zero attached hydrogens (tertiary/aromatic N) is 2. The maximum atomic E-state index is 11.7. The summed E-state index contributed by atoms with van der Waals surface area (Å²) in [5, 5.41) is 5.00. The normalized spacial score (nSPS) is 11.6. The van der Waals surface area contributed by atoms with Gasteiger partial charge in [0, 0.05) is 26.3 Å². The monoisotopic (exact) mass is 320 g/mol. The number of carbonyl (C=O) groups is 2. The van der Waals surface area contributed by atoms with E-state index in [1.807, 2.05) is 0 Å². The smallest absolute Gasteiger partial charge is 0.346 e. The molecule has 0 unspecified atom stereocenters. The highest BCUT2D eigenvalue weighted by molar-refractivity contribution is 6.76. The van der Waals surface area contributed by atoms with Gasteiger partial charge >= 0.3 is 12.4 Å². The van der Waals surface area contributed by atoms with Gasteiger partial charge in [0.2, 0.25) is 0 Å². The van der Waals surface area contributed by atoms with Crippen LogP contribution in [0.5, 0.6) is 0 Å². The van der Waals surface area contributed by atoms with Gasteiger partial charge in [-0.2, -0.15) is 5.10 Å². The zero-order valence-electron chi connectivity index (χ0n) is 13.0. The quantitative estimate of drug-likeness (QED) is 0.258. The lowest BCUT2D eigenvalue weighted by Crippen LogP contribution is -2.22. The standard InChI is InChI=1S/C15H20N2O4Si/c1-22(2,3)8-7-20-10-17-9-13-12(15(19)21-11-18)5-4-6-14(13)16-17/h4-6,9,11H,7-8,10H2,1-3H3. The highest BCUT2D eigenvalue weighted by atomic mass is 28.3. The highest BCUT2D eigenvalue weighted by Crippen LogP contribution is 2.18. The molecule has 0 saturated heterocycles. The molecular weight excluding hydrogens is 300 g/mol. The van der Waals surface area contributed by atoms with Gasteiger partial charge in [-0.05, 0) is 18.2 Å². The third kappa shape index (κ3) is 4.25. The molecule has 118 valence electrons. The summed E-state index contributed by atoms with van der Waals surface area (Å²) in [6.45, 7) is 8.05. The summed E-state index contributed by atoms with van der Waals surface area (Å²) in [6.07, 6.45) is 1.73. The lowest BCUT2D eigenvalue weighted by Gasteiger charge is -2.15. The van der Waals surface area contributed by atoms with E-state index in [-0.39, 0.29) is 6.47 Å². The van der Waals surface area contributed by atoms with Crippen LogP contribution in [0.4, 0.5) is 0 Å². The topological polar surface area (TPSA) is 70.4 Å². The molecule has 0 spiro atoms. The molecule has 0 aliphatic rings. The van der Waals surface area contributed by atoms with Crippen molar-refractivity contribution in [1.82, 2.24) is 9.78 Å². The SMILES string of the molecule is C[Si](C)(C)CCOCn1cc2c(C(=O)OC=O)cccc2n1. The Balaban J connectivity index is 2.08. The van der Waals surface area contributed by atoms with Gasteiger partial charge in [-0.25, -0.2) is 9.48 Å². The van der Waals surface area contributed by atoms with Gasteiger partial charge in [0.05, 0.1) is 11.1 Å². The van der Waals surface area contributed by atoms with Gasteiger partial charge in [0.1, 0.15) is 6.73 Å². The molecule has 22 heavy (non-hydrogen) atoms. The lowest BCUT2D eigenvalue weighted by atomic mass is 10.1. The molecule has 0 aliphatic carbocycles. The molecule has 0 fully saturated rings. The first-order valence-corrected chi connectivity index (χ1v) is 10.8. The van der Waals surface area contributed by atoms with Crippen LogP contribution in [0, 0.1) is 0 Å². The van der Waals surface area contributed by atoms with Crippen LogP contribution in [0.3, 0.4) is 0 Å². The first-order chi connectivity index (χ1) is 10.4. The van der Waals surface area contributed by atoms with E-state index in [0.29, 0.717) is 29.8 Å². The minimum Gasteiger partial charge on any atom is -0.392 e. The number of ether oxygens (including phenoxy) is 2. The minimum absolute atomic E-state index is 0.130. The molecular formula is C15H20N2O4Si. The van der Waals surface area contributed by atoms with Crippen molar-refractivity contribution < 1.29 is 19.1 Å². The summed E-state index contributed by atoms with van der Waals surface area (Å²) in [5.41, 5.74) is 0.979. The van der Waals surface area contributed by atoms with Gasteiger partial charge in [-0.1, -0.05) is 25.7 Å². The Bertz CT molecular complexity index is 676. The average molecular weight is 320 g/mol. The molecule has 0 atom stereocenters. The molecule has 2 aromatic rings. The molecule has 0 aliphatic heterocycles. The van der Waals surface area contributed by atoms with E-state index >= 15 is 0 Å². The molecule has 0 bridgehead atoms. The Morgan fingerprint density at radius 2 is 2.14 bits per heavy atom. The number of esters is 1. The van der Waals surface area contributed by atoms with E-state index in [2.05, 4.69) is 29.5 Å². The van der Waals surface area contributed by atoms with Gasteiger partial charge in [-0.3, -0.25) is 4.79 Å². The van der Waals surface area contributed by atoms with Crippen molar-refractivity contribution in [3.8, 4) is 0 Å². The van der Waals surface area contributed by atoms with Crippen molar-refractivity contribution in [2.75, 3.05) is 6.61 Å². The molecule has 7 heteroatoms. The zero-order valence-corrected chi connectivity index (χ0v) is 14.0. The lowest BCUT2D eigenvalue weighted by molar-refractivity contribution is -0.123. The van der Waals surface area contributed by atoms with E-state index in [1.165, 1.54) is 0 Å². The van der Waals surface area contributed by atoms with Gasteiger partial charge in [0.25, 0.3) is 0 Å². The predicted octanol–water partition coefficient (Wildman–Crippen LogP) is 2.66. The molecule has 1 heterocycles. The molecule has 6 nitrogen and oxygen atoms in total. The highest BCUT2D eigenvalue weighted by Gasteiger charge is 2.14. The van der Waals surface area contributed by atoms with Crippen molar-refractivity contribution in [3.05, 3.63) is 30.0 Å². The number of hydrogen-bond acceptors (Lipinski definition) is 5. The molecule has 0 radical (unpaired) electrons. The molecule has 2 rings (SSSR count). The Labute approximate surface area is 130 Å². The first kappa shape index (κ1) is 16.4. The van der Waals surface area contributed by atoms with Crippen molar-refractivity contribution in [2.24, 2.45) is 0 Å². The van der Waals surface area contributed by atoms with Crippen LogP contribution >= 0.6 is 0 Å². The maximum Gasteiger partial charge on any atom is 0.346 e. The maximum absolute atomic E-state index is 11.7. The Morgan fingerprint density at radius 3 is 2.82 bits per heavy atom. The van der Waals surface area contributed by atoms with E-state index in [4.69, 9.17) is 4.74 Å². The second-order valence-electron chi connectivity index (χ2n) is 6.26. The summed E-state index contributed by atoms with van der Waals surface area (Å²) < 4.78 is 11.7. The van der Waals surface area contributed by atoms with Crippen LogP contribution < -0.4 is 0 Å². The van der Waals surface area contributed by atoms with E-state index in [1.54, 1.807) is 29.1 Å². The number of hydrogen-bond donors (Lipinski definition) is 0. The number of rotatable bonds is 7. The zero-order chi connectivity index (χ0) is 16.2. The minimum atomic E-state index is -1.11. The van der Waals surface area contributed by atoms with E-state index in [9.17, 15) is 9.59 Å². The van der Waals surface area contributed by atoms with Gasteiger partial charge < -0.3 is 9.47 Å². The Morgan fingerprint density at radius 1 is 1.36 bits per heavy atom. The van der Waals surface area contributed by atoms with Crippen LogP contribution in [-0.4, -0.2) is 36.9 Å². The van der Waals surface area contributed by atoms with Crippen molar-refractivity contribution in [3.63, 3.8) is 0 Å². The Kier molecular flexibility index (Phi) is 5.10. The summed E-state index contributed by atoms with van der Waals surface area (Å²) >= 11 is 0. The second kappa shape index (κ2) is 6.84. The first-order valence-electron chi connectivity index (χ1n) is 7.09. The number of benzene rings is 1. The number of fused-ring (bicyclic) bond motifs is 1. The van der Waals surface area contributed by atoms with Crippen LogP contribution in [0.15, 0.2) is 24.4 Å². The summed E-state index contributed by atoms with van der Waals surface area (Å²) in [7, 11) is -1.11. The van der Waals surface area contributed by atoms with Crippen molar-refractivity contribution in [1.29, 1.82) is 0 Å². The van der Waals surface area contributed by atoms with Crippen LogP contribution in [-0.2, 0) is 21.0 Å². The fraction of sp³-hybridized carbons (Fsp3) is 0.400. The Hall–Kier alpha value is -1.99. The number of aromatic nitrogens is 2. The van der Waals surface area contributed by atoms with Crippen LogP contribution in [0.1, 0.15) is 10.4 Å². The third-order valence-corrected chi connectivity index (χ3v) is 4.90. The molecule has 1 aromatic heterocycles. The van der Waals surface area contributed by atoms with Gasteiger partial charge in [0.15, 0.2) is 0 Å². The molecule has 0 N–H and O–H groups in total. The van der Waals surface area contributed by atoms with Gasteiger partial charge in [-0.15, -0.1) is 0 Å². The summed E-state index contributed by atoms with van der Waals surface area (Å²) in [4.78, 5) is 22.0. The average Bonchev–Trinajstić information content (AvgIpc) is 2.85. The summed E-state index contributed by atoms with van der Waals surface area (Å²) in [5.74, 6) is -0.681.